The highest BCUT2D eigenvalue weighted by Crippen LogP contribution is 2.75. The Bertz CT molecular complexity index is 1020. The van der Waals surface area contributed by atoms with E-state index in [2.05, 4.69) is 54.5 Å². The second-order valence-corrected chi connectivity index (χ2v) is 16.4. The Kier molecular flexibility index (Phi) is 6.56. The molecule has 5 aliphatic rings. The van der Waals surface area contributed by atoms with Crippen LogP contribution in [0.5, 0.6) is 0 Å². The van der Waals surface area contributed by atoms with Gasteiger partial charge >= 0.3 is 11.9 Å². The fraction of sp³-hybridized carbons (Fsp3) is 0.882. The molecule has 0 spiro atoms. The van der Waals surface area contributed by atoms with Gasteiger partial charge in [-0.3, -0.25) is 9.59 Å². The maximum atomic E-state index is 11.9. The lowest BCUT2D eigenvalue weighted by atomic mass is 9.34. The highest BCUT2D eigenvalue weighted by atomic mass is 16.5. The van der Waals surface area contributed by atoms with Gasteiger partial charge in [0.25, 0.3) is 0 Å². The molecule has 4 fully saturated rings. The molecule has 0 aromatic rings. The van der Waals surface area contributed by atoms with Crippen LogP contribution in [0.4, 0.5) is 0 Å². The number of allylic oxidation sites excluding steroid dienone is 2. The van der Waals surface area contributed by atoms with E-state index in [-0.39, 0.29) is 45.1 Å². The van der Waals surface area contributed by atoms with Gasteiger partial charge < -0.3 is 9.47 Å². The van der Waals surface area contributed by atoms with Crippen LogP contribution in [-0.2, 0) is 19.1 Å². The van der Waals surface area contributed by atoms with E-state index in [4.69, 9.17) is 9.47 Å². The maximum absolute atomic E-state index is 11.9. The molecule has 5 aliphatic carbocycles. The van der Waals surface area contributed by atoms with Crippen LogP contribution in [0.3, 0.4) is 0 Å². The van der Waals surface area contributed by atoms with Crippen molar-refractivity contribution >= 4 is 11.9 Å². The number of fused-ring (bicyclic) bond motifs is 7. The molecular weight excluding hydrogens is 472 g/mol. The third-order valence-electron chi connectivity index (χ3n) is 13.3. The summed E-state index contributed by atoms with van der Waals surface area (Å²) in [5, 5.41) is 0. The van der Waals surface area contributed by atoms with Crippen molar-refractivity contribution in [3.8, 4) is 0 Å². The standard InChI is InChI=1S/C34H54O4/c1-22(35)37-21-34-17-12-26-32(8)14-10-24-30(5,6)28(38-23(2)36)13-16-31(24,7)25(32)11-15-33(26,9)27(34)20-29(3,4)18-19-34/h12,24-25,27-28H,10-11,13-21H2,1-9H3/t24-,25+,27+,28-,31-,32+,33+,34-/m0/s1. The topological polar surface area (TPSA) is 52.6 Å². The molecule has 0 radical (unpaired) electrons. The lowest BCUT2D eigenvalue weighted by molar-refractivity contribution is -0.200. The number of carbonyl (C=O) groups excluding carboxylic acids is 2. The summed E-state index contributed by atoms with van der Waals surface area (Å²) in [5.41, 5.74) is 2.76. The number of hydrogen-bond acceptors (Lipinski definition) is 4. The molecule has 0 unspecified atom stereocenters. The van der Waals surface area contributed by atoms with E-state index in [1.54, 1.807) is 19.4 Å². The summed E-state index contributed by atoms with van der Waals surface area (Å²) in [5.74, 6) is 1.50. The van der Waals surface area contributed by atoms with Crippen LogP contribution in [0.25, 0.3) is 0 Å². The van der Waals surface area contributed by atoms with E-state index in [0.717, 1.165) is 25.7 Å². The van der Waals surface area contributed by atoms with Gasteiger partial charge in [0.1, 0.15) is 6.10 Å². The fourth-order valence-electron chi connectivity index (χ4n) is 11.5. The third-order valence-corrected chi connectivity index (χ3v) is 13.3. The molecule has 4 nitrogen and oxygen atoms in total. The number of carbonyl (C=O) groups is 2. The van der Waals surface area contributed by atoms with Crippen molar-refractivity contribution in [3.05, 3.63) is 11.6 Å². The minimum Gasteiger partial charge on any atom is -0.465 e. The van der Waals surface area contributed by atoms with E-state index >= 15 is 0 Å². The Morgan fingerprint density at radius 2 is 1.42 bits per heavy atom. The first-order valence-corrected chi connectivity index (χ1v) is 15.5. The van der Waals surface area contributed by atoms with Crippen LogP contribution < -0.4 is 0 Å². The summed E-state index contributed by atoms with van der Waals surface area (Å²) >= 11 is 0. The molecule has 4 saturated carbocycles. The largest absolute Gasteiger partial charge is 0.465 e. The van der Waals surface area contributed by atoms with Crippen LogP contribution in [0, 0.1) is 50.2 Å². The summed E-state index contributed by atoms with van der Waals surface area (Å²) in [7, 11) is 0. The smallest absolute Gasteiger partial charge is 0.302 e. The minimum absolute atomic E-state index is 0.00568. The van der Waals surface area contributed by atoms with Crippen LogP contribution in [0.2, 0.25) is 0 Å². The van der Waals surface area contributed by atoms with Crippen molar-refractivity contribution in [1.82, 2.24) is 0 Å². The Balaban J connectivity index is 1.52. The Hall–Kier alpha value is -1.32. The molecule has 4 heteroatoms. The van der Waals surface area contributed by atoms with Gasteiger partial charge in [-0.2, -0.15) is 0 Å². The predicted molar refractivity (Wildman–Crippen MR) is 151 cm³/mol. The number of hydrogen-bond donors (Lipinski definition) is 0. The van der Waals surface area contributed by atoms with Gasteiger partial charge in [-0.15, -0.1) is 0 Å². The van der Waals surface area contributed by atoms with Crippen molar-refractivity contribution in [2.45, 2.75) is 133 Å². The average Bonchev–Trinajstić information content (AvgIpc) is 2.79. The second kappa shape index (κ2) is 8.84. The molecule has 0 aromatic heterocycles. The molecule has 0 bridgehead atoms. The number of esters is 2. The lowest BCUT2D eigenvalue weighted by Gasteiger charge is -2.70. The Labute approximate surface area is 232 Å². The van der Waals surface area contributed by atoms with Gasteiger partial charge in [-0.05, 0) is 104 Å². The third kappa shape index (κ3) is 4.04. The van der Waals surface area contributed by atoms with Crippen molar-refractivity contribution in [2.75, 3.05) is 6.61 Å². The molecule has 8 atom stereocenters. The van der Waals surface area contributed by atoms with E-state index in [1.165, 1.54) is 38.5 Å². The van der Waals surface area contributed by atoms with Gasteiger partial charge in [-0.25, -0.2) is 0 Å². The highest BCUT2D eigenvalue weighted by Gasteiger charge is 2.67. The number of rotatable bonds is 3. The molecule has 214 valence electrons. The SMILES string of the molecule is CC(=O)OC[C@@]12CC=C3[C@]4(C)CC[C@H]5C(C)(C)[C@@H](OC(C)=O)CC[C@]5(C)[C@H]4CC[C@@]3(C)[C@H]1CC(C)(C)CC2. The van der Waals surface area contributed by atoms with Gasteiger partial charge in [0.2, 0.25) is 0 Å². The van der Waals surface area contributed by atoms with E-state index in [1.807, 2.05) is 0 Å². The summed E-state index contributed by atoms with van der Waals surface area (Å²) in [6.07, 6.45) is 14.4. The van der Waals surface area contributed by atoms with Crippen LogP contribution in [0.1, 0.15) is 127 Å². The van der Waals surface area contributed by atoms with Crippen LogP contribution in [0.15, 0.2) is 11.6 Å². The van der Waals surface area contributed by atoms with Crippen LogP contribution in [-0.4, -0.2) is 24.6 Å². The van der Waals surface area contributed by atoms with Gasteiger partial charge in [0, 0.05) is 24.7 Å². The predicted octanol–water partition coefficient (Wildman–Crippen LogP) is 8.28. The average molecular weight is 527 g/mol. The van der Waals surface area contributed by atoms with Crippen molar-refractivity contribution < 1.29 is 19.1 Å². The molecule has 0 saturated heterocycles. The van der Waals surface area contributed by atoms with Crippen molar-refractivity contribution in [1.29, 1.82) is 0 Å². The molecule has 5 rings (SSSR count). The lowest BCUT2D eigenvalue weighted by Crippen LogP contribution is -2.63. The summed E-state index contributed by atoms with van der Waals surface area (Å²) < 4.78 is 11.7. The second-order valence-electron chi connectivity index (χ2n) is 16.4. The zero-order valence-corrected chi connectivity index (χ0v) is 25.8. The Morgan fingerprint density at radius 1 is 0.789 bits per heavy atom. The van der Waals surface area contributed by atoms with E-state index in [9.17, 15) is 9.59 Å². The molecule has 0 amide bonds. The normalized spacial score (nSPS) is 46.8. The van der Waals surface area contributed by atoms with Gasteiger partial charge in [0.05, 0.1) is 6.61 Å². The first-order valence-electron chi connectivity index (χ1n) is 15.5. The first-order chi connectivity index (χ1) is 17.5. The molecule has 0 N–H and O–H groups in total. The zero-order chi connectivity index (χ0) is 27.9. The van der Waals surface area contributed by atoms with E-state index < -0.39 is 0 Å². The first kappa shape index (κ1) is 28.2. The maximum Gasteiger partial charge on any atom is 0.302 e. The zero-order valence-electron chi connectivity index (χ0n) is 25.8. The monoisotopic (exact) mass is 526 g/mol. The number of ether oxygens (including phenoxy) is 2. The van der Waals surface area contributed by atoms with Gasteiger partial charge in [-0.1, -0.05) is 60.1 Å². The quantitative estimate of drug-likeness (QED) is 0.274. The Morgan fingerprint density at radius 3 is 2.05 bits per heavy atom. The summed E-state index contributed by atoms with van der Waals surface area (Å²) in [6, 6.07) is 0. The van der Waals surface area contributed by atoms with Crippen molar-refractivity contribution in [2.24, 2.45) is 50.2 Å². The highest BCUT2D eigenvalue weighted by molar-refractivity contribution is 5.66. The molecular formula is C34H54O4. The molecule has 0 aromatic carbocycles. The summed E-state index contributed by atoms with van der Waals surface area (Å²) in [6.45, 7) is 21.1. The van der Waals surface area contributed by atoms with Crippen molar-refractivity contribution in [3.63, 3.8) is 0 Å². The molecule has 0 aliphatic heterocycles. The molecule has 38 heavy (non-hydrogen) atoms. The van der Waals surface area contributed by atoms with Crippen LogP contribution >= 0.6 is 0 Å². The van der Waals surface area contributed by atoms with E-state index in [0.29, 0.717) is 29.8 Å². The molecule has 0 heterocycles. The minimum atomic E-state index is -0.142. The van der Waals surface area contributed by atoms with Gasteiger partial charge in [0.15, 0.2) is 0 Å². The summed E-state index contributed by atoms with van der Waals surface area (Å²) in [4.78, 5) is 23.9. The fourth-order valence-corrected chi connectivity index (χ4v) is 11.5.